The SMILES string of the molecule is CC(C)(C)c1cc(-c2ccc3c(c2)N(c2ccc(-c4ccccc4)cc2-c2ccccc2)c2cc(C(C)(C)C)cc4c2B3c2ccc(-c3cc(C(C)(C)C)cc(C(C)(C)C)c3)cc2N4c2cccc(-n3c4cc(C(C)(C)C)ccc4c4ccc(C(C)(C)C)cc43)c2C#N)cc(C(C)(C)C)c1. The lowest BCUT2D eigenvalue weighted by atomic mass is 9.33. The lowest BCUT2D eigenvalue weighted by molar-refractivity contribution is 0.568. The van der Waals surface area contributed by atoms with Gasteiger partial charge < -0.3 is 14.4 Å². The van der Waals surface area contributed by atoms with Crippen LogP contribution < -0.4 is 26.2 Å². The molecular formula is C95H99BN4. The second-order valence-electron chi connectivity index (χ2n) is 36.0. The molecule has 502 valence electrons. The van der Waals surface area contributed by atoms with Crippen LogP contribution in [0, 0.1) is 11.3 Å². The quantitative estimate of drug-likeness (QED) is 0.149. The summed E-state index contributed by atoms with van der Waals surface area (Å²) in [4.78, 5) is 5.14. The largest absolute Gasteiger partial charge is 0.311 e. The summed E-state index contributed by atoms with van der Waals surface area (Å²) < 4.78 is 2.41. The normalized spacial score (nSPS) is 13.6. The van der Waals surface area contributed by atoms with E-state index in [9.17, 15) is 5.26 Å². The third-order valence-corrected chi connectivity index (χ3v) is 21.5. The van der Waals surface area contributed by atoms with Gasteiger partial charge in [-0.1, -0.05) is 303 Å². The van der Waals surface area contributed by atoms with E-state index in [0.29, 0.717) is 5.56 Å². The lowest BCUT2D eigenvalue weighted by Gasteiger charge is -2.46. The van der Waals surface area contributed by atoms with E-state index in [1.165, 1.54) is 77.6 Å². The van der Waals surface area contributed by atoms with E-state index in [0.717, 1.165) is 83.9 Å². The molecule has 0 N–H and O–H groups in total. The molecule has 12 aromatic rings. The maximum absolute atomic E-state index is 12.5. The summed E-state index contributed by atoms with van der Waals surface area (Å²) in [6, 6.07) is 86.8. The van der Waals surface area contributed by atoms with Crippen molar-refractivity contribution in [2.75, 3.05) is 9.80 Å². The van der Waals surface area contributed by atoms with Gasteiger partial charge in [-0.2, -0.15) is 5.26 Å². The van der Waals surface area contributed by atoms with Crippen LogP contribution in [0.2, 0.25) is 0 Å². The minimum Gasteiger partial charge on any atom is -0.311 e. The molecular weight excluding hydrogens is 1210 g/mol. The molecule has 14 rings (SSSR count). The Bertz CT molecular complexity index is 5160. The maximum atomic E-state index is 12.5. The fourth-order valence-corrected chi connectivity index (χ4v) is 15.2. The molecule has 100 heavy (non-hydrogen) atoms. The van der Waals surface area contributed by atoms with E-state index in [2.05, 4.69) is 384 Å². The second kappa shape index (κ2) is 23.8. The molecule has 2 aliphatic heterocycles. The molecule has 0 unspecified atom stereocenters. The first-order valence-corrected chi connectivity index (χ1v) is 36.2. The highest BCUT2D eigenvalue weighted by Crippen LogP contribution is 2.52. The summed E-state index contributed by atoms with van der Waals surface area (Å²) in [6.07, 6.45) is 0. The van der Waals surface area contributed by atoms with Crippen molar-refractivity contribution in [2.24, 2.45) is 0 Å². The number of fused-ring (bicyclic) bond motifs is 7. The fraction of sp³-hybridized carbons (Fsp3) is 0.295. The number of hydrogen-bond acceptors (Lipinski definition) is 3. The van der Waals surface area contributed by atoms with Crippen LogP contribution in [0.4, 0.5) is 34.1 Å². The molecule has 0 aliphatic carbocycles. The van der Waals surface area contributed by atoms with Crippen molar-refractivity contribution in [3.8, 4) is 56.3 Å². The Kier molecular flexibility index (Phi) is 16.1. The number of nitriles is 1. The smallest absolute Gasteiger partial charge is 0.252 e. The summed E-state index contributed by atoms with van der Waals surface area (Å²) in [5.74, 6) is 0. The van der Waals surface area contributed by atoms with Gasteiger partial charge in [0, 0.05) is 39.1 Å². The van der Waals surface area contributed by atoms with Gasteiger partial charge in [-0.3, -0.25) is 0 Å². The molecule has 3 heterocycles. The third kappa shape index (κ3) is 12.0. The number of hydrogen-bond donors (Lipinski definition) is 0. The Hall–Kier alpha value is -9.63. The first kappa shape index (κ1) is 67.6. The van der Waals surface area contributed by atoms with Gasteiger partial charge in [-0.05, 0) is 193 Å². The van der Waals surface area contributed by atoms with Crippen molar-refractivity contribution in [2.45, 2.75) is 183 Å². The van der Waals surface area contributed by atoms with Crippen molar-refractivity contribution in [3.63, 3.8) is 0 Å². The van der Waals surface area contributed by atoms with Gasteiger partial charge >= 0.3 is 0 Å². The molecule has 2 aliphatic rings. The molecule has 0 fully saturated rings. The first-order chi connectivity index (χ1) is 46.9. The highest BCUT2D eigenvalue weighted by Gasteiger charge is 2.46. The Morgan fingerprint density at radius 1 is 0.270 bits per heavy atom. The maximum Gasteiger partial charge on any atom is 0.252 e. The molecule has 0 bridgehead atoms. The zero-order valence-corrected chi connectivity index (χ0v) is 63.2. The minimum absolute atomic E-state index is 0.0844. The van der Waals surface area contributed by atoms with Crippen LogP contribution in [0.25, 0.3) is 72.0 Å². The number of anilines is 6. The fourth-order valence-electron chi connectivity index (χ4n) is 15.2. The topological polar surface area (TPSA) is 35.2 Å². The number of benzene rings is 11. The van der Waals surface area contributed by atoms with E-state index in [1.54, 1.807) is 0 Å². The van der Waals surface area contributed by atoms with Crippen molar-refractivity contribution >= 4 is 79.0 Å². The van der Waals surface area contributed by atoms with Crippen LogP contribution >= 0.6 is 0 Å². The minimum atomic E-state index is -0.325. The molecule has 5 heteroatoms. The van der Waals surface area contributed by atoms with Gasteiger partial charge in [0.15, 0.2) is 0 Å². The molecule has 0 saturated heterocycles. The van der Waals surface area contributed by atoms with Crippen LogP contribution in [0.15, 0.2) is 218 Å². The molecule has 11 aromatic carbocycles. The molecule has 0 radical (unpaired) electrons. The lowest BCUT2D eigenvalue weighted by Crippen LogP contribution is -2.61. The predicted molar refractivity (Wildman–Crippen MR) is 432 cm³/mol. The standard InChI is InChI=1S/C95H99BN4/c1-89(2,3)66-38-40-73-74-41-39-67(90(4,5)6)55-83(74)98(82(73)54-66)79-33-28-34-80(76(79)58-97)99-84-50-62(64-45-68(91(7,8)9)52-69(46-64)92(10,11)12)35-42-77(84)96-78-43-36-63(65-47-70(93(13,14)15)53-71(48-65)94(16,17)18)51-85(78)100(87-57-72(95(19,20)21)56-86(99)88(87)96)81-44-37-61(59-29-24-22-25-30-59)49-75(81)60-31-26-23-27-32-60/h22-57H,1-21H3. The number of aromatic nitrogens is 1. The molecule has 0 amide bonds. The van der Waals surface area contributed by atoms with Gasteiger partial charge in [0.2, 0.25) is 0 Å². The zero-order chi connectivity index (χ0) is 71.3. The van der Waals surface area contributed by atoms with Crippen LogP contribution in [0.5, 0.6) is 0 Å². The van der Waals surface area contributed by atoms with E-state index < -0.39 is 0 Å². The first-order valence-electron chi connectivity index (χ1n) is 36.2. The van der Waals surface area contributed by atoms with Crippen LogP contribution in [-0.4, -0.2) is 11.3 Å². The molecule has 0 spiro atoms. The van der Waals surface area contributed by atoms with Crippen LogP contribution in [-0.2, 0) is 37.9 Å². The number of nitrogens with zero attached hydrogens (tertiary/aromatic N) is 4. The molecule has 4 nitrogen and oxygen atoms in total. The summed E-state index contributed by atoms with van der Waals surface area (Å²) >= 11 is 0. The average molecular weight is 1310 g/mol. The Morgan fingerprint density at radius 2 is 0.650 bits per heavy atom. The Balaban J connectivity index is 1.13. The molecule has 0 atom stereocenters. The summed E-state index contributed by atoms with van der Waals surface area (Å²) in [5.41, 5.74) is 30.8. The van der Waals surface area contributed by atoms with Gasteiger partial charge in [-0.25, -0.2) is 0 Å². The highest BCUT2D eigenvalue weighted by molar-refractivity contribution is 7.00. The Morgan fingerprint density at radius 3 is 1.07 bits per heavy atom. The summed E-state index contributed by atoms with van der Waals surface area (Å²) in [7, 11) is 0. The molecule has 0 saturated carbocycles. The van der Waals surface area contributed by atoms with Crippen molar-refractivity contribution in [1.29, 1.82) is 5.26 Å². The van der Waals surface area contributed by atoms with Crippen molar-refractivity contribution in [3.05, 3.63) is 263 Å². The van der Waals surface area contributed by atoms with Gasteiger partial charge in [-0.15, -0.1) is 0 Å². The van der Waals surface area contributed by atoms with Gasteiger partial charge in [0.1, 0.15) is 11.6 Å². The number of rotatable bonds is 7. The van der Waals surface area contributed by atoms with Crippen LogP contribution in [0.3, 0.4) is 0 Å². The van der Waals surface area contributed by atoms with E-state index in [1.807, 2.05) is 0 Å². The van der Waals surface area contributed by atoms with Crippen molar-refractivity contribution in [1.82, 2.24) is 4.57 Å². The van der Waals surface area contributed by atoms with Gasteiger partial charge in [0.25, 0.3) is 6.71 Å². The predicted octanol–water partition coefficient (Wildman–Crippen LogP) is 24.5. The van der Waals surface area contributed by atoms with Crippen molar-refractivity contribution < 1.29 is 0 Å². The monoisotopic (exact) mass is 1310 g/mol. The molecule has 1 aromatic heterocycles. The average Bonchev–Trinajstić information content (AvgIpc) is 0.774. The van der Waals surface area contributed by atoms with E-state index in [-0.39, 0.29) is 44.6 Å². The summed E-state index contributed by atoms with van der Waals surface area (Å²) in [5, 5.41) is 14.9. The Labute approximate surface area is 597 Å². The third-order valence-electron chi connectivity index (χ3n) is 21.5. The summed E-state index contributed by atoms with van der Waals surface area (Å²) in [6.45, 7) is 48.6. The van der Waals surface area contributed by atoms with E-state index >= 15 is 0 Å². The second-order valence-corrected chi connectivity index (χ2v) is 36.0. The van der Waals surface area contributed by atoms with Gasteiger partial charge in [0.05, 0.1) is 28.1 Å². The van der Waals surface area contributed by atoms with E-state index in [4.69, 9.17) is 0 Å². The highest BCUT2D eigenvalue weighted by atomic mass is 15.2. The zero-order valence-electron chi connectivity index (χ0n) is 63.2. The van der Waals surface area contributed by atoms with Crippen LogP contribution in [0.1, 0.15) is 190 Å².